The van der Waals surface area contributed by atoms with E-state index in [1.54, 1.807) is 12.1 Å². The summed E-state index contributed by atoms with van der Waals surface area (Å²) < 4.78 is 28.0. The third-order valence-electron chi connectivity index (χ3n) is 6.58. The summed E-state index contributed by atoms with van der Waals surface area (Å²) in [5.74, 6) is -0.0281. The van der Waals surface area contributed by atoms with Crippen molar-refractivity contribution in [1.82, 2.24) is 14.5 Å². The number of likely N-dealkylation sites (N-methyl/N-ethyl adjacent to an activating group) is 1. The van der Waals surface area contributed by atoms with Gasteiger partial charge in [-0.3, -0.25) is 4.79 Å². The van der Waals surface area contributed by atoms with Crippen molar-refractivity contribution >= 4 is 21.6 Å². The molecule has 2 aliphatic heterocycles. The predicted molar refractivity (Wildman–Crippen MR) is 131 cm³/mol. The Morgan fingerprint density at radius 2 is 1.67 bits per heavy atom. The van der Waals surface area contributed by atoms with Crippen molar-refractivity contribution in [2.24, 2.45) is 0 Å². The number of hydrogen-bond acceptors (Lipinski definition) is 5. The average Bonchev–Trinajstić information content (AvgIpc) is 2.84. The van der Waals surface area contributed by atoms with Crippen molar-refractivity contribution < 1.29 is 13.2 Å². The quantitative estimate of drug-likeness (QED) is 0.673. The number of sulfonamides is 1. The number of carbonyl (C=O) groups is 1. The molecule has 1 N–H and O–H groups in total. The van der Waals surface area contributed by atoms with Gasteiger partial charge in [0.25, 0.3) is 0 Å². The van der Waals surface area contributed by atoms with Gasteiger partial charge < -0.3 is 15.1 Å². The number of benzene rings is 2. The molecule has 2 heterocycles. The van der Waals surface area contributed by atoms with Crippen LogP contribution in [0.1, 0.15) is 24.8 Å². The standard InChI is InChI=1S/C25H34N4O3S/c1-27-16-18-28(19-17-27)23-10-12-24(13-11-23)33(31,32)29-15-5-8-22(20-29)26-25(30)14-9-21-6-3-2-4-7-21/h2-4,6-7,10-13,22H,5,8-9,14-20H2,1H3,(H,26,30). The van der Waals surface area contributed by atoms with E-state index in [0.29, 0.717) is 30.8 Å². The predicted octanol–water partition coefficient (Wildman–Crippen LogP) is 2.34. The lowest BCUT2D eigenvalue weighted by atomic mass is 10.1. The number of anilines is 1. The Morgan fingerprint density at radius 3 is 2.36 bits per heavy atom. The Labute approximate surface area is 197 Å². The molecular weight excluding hydrogens is 436 g/mol. The molecule has 4 rings (SSSR count). The zero-order chi connectivity index (χ0) is 23.3. The molecule has 2 fully saturated rings. The number of aryl methyl sites for hydroxylation is 1. The number of hydrogen-bond donors (Lipinski definition) is 1. The largest absolute Gasteiger partial charge is 0.369 e. The van der Waals surface area contributed by atoms with Crippen LogP contribution in [0.4, 0.5) is 5.69 Å². The lowest BCUT2D eigenvalue weighted by molar-refractivity contribution is -0.122. The summed E-state index contributed by atoms with van der Waals surface area (Å²) in [4.78, 5) is 17.3. The second-order valence-corrected chi connectivity index (χ2v) is 11.0. The first-order valence-electron chi connectivity index (χ1n) is 11.8. The highest BCUT2D eigenvalue weighted by Gasteiger charge is 2.31. The lowest BCUT2D eigenvalue weighted by Crippen LogP contribution is -2.49. The molecule has 1 unspecified atom stereocenters. The van der Waals surface area contributed by atoms with Crippen molar-refractivity contribution in [3.05, 3.63) is 60.2 Å². The van der Waals surface area contributed by atoms with Crippen molar-refractivity contribution in [2.45, 2.75) is 36.6 Å². The Balaban J connectivity index is 1.33. The fraction of sp³-hybridized carbons (Fsp3) is 0.480. The smallest absolute Gasteiger partial charge is 0.243 e. The van der Waals surface area contributed by atoms with Gasteiger partial charge in [-0.1, -0.05) is 30.3 Å². The maximum atomic E-state index is 13.3. The van der Waals surface area contributed by atoms with E-state index in [0.717, 1.165) is 50.3 Å². The van der Waals surface area contributed by atoms with E-state index in [4.69, 9.17) is 0 Å². The summed E-state index contributed by atoms with van der Waals surface area (Å²) in [6.45, 7) is 4.71. The van der Waals surface area contributed by atoms with Gasteiger partial charge in [0.2, 0.25) is 15.9 Å². The van der Waals surface area contributed by atoms with Crippen LogP contribution in [0.2, 0.25) is 0 Å². The molecule has 0 aliphatic carbocycles. The Bertz CT molecular complexity index is 1020. The first-order chi connectivity index (χ1) is 15.9. The zero-order valence-corrected chi connectivity index (χ0v) is 20.1. The van der Waals surface area contributed by atoms with Gasteiger partial charge >= 0.3 is 0 Å². The van der Waals surface area contributed by atoms with Crippen molar-refractivity contribution in [3.8, 4) is 0 Å². The number of amides is 1. The molecular formula is C25H34N4O3S. The van der Waals surface area contributed by atoms with Crippen LogP contribution in [0.25, 0.3) is 0 Å². The van der Waals surface area contributed by atoms with Crippen LogP contribution >= 0.6 is 0 Å². The van der Waals surface area contributed by atoms with Gasteiger partial charge in [-0.2, -0.15) is 4.31 Å². The summed E-state index contributed by atoms with van der Waals surface area (Å²) in [7, 11) is -1.47. The molecule has 1 amide bonds. The van der Waals surface area contributed by atoms with E-state index in [1.165, 1.54) is 4.31 Å². The van der Waals surface area contributed by atoms with Crippen LogP contribution in [-0.2, 0) is 21.2 Å². The molecule has 0 bridgehead atoms. The van der Waals surface area contributed by atoms with Crippen LogP contribution in [0.15, 0.2) is 59.5 Å². The van der Waals surface area contributed by atoms with Gasteiger partial charge in [-0.15, -0.1) is 0 Å². The topological polar surface area (TPSA) is 73.0 Å². The Hall–Kier alpha value is -2.42. The van der Waals surface area contributed by atoms with Crippen LogP contribution in [0, 0.1) is 0 Å². The third-order valence-corrected chi connectivity index (χ3v) is 8.46. The number of carbonyl (C=O) groups excluding carboxylic acids is 1. The Kier molecular flexibility index (Phi) is 7.67. The summed E-state index contributed by atoms with van der Waals surface area (Å²) in [6, 6.07) is 17.0. The number of nitrogens with zero attached hydrogens (tertiary/aromatic N) is 3. The van der Waals surface area contributed by atoms with Gasteiger partial charge in [0.1, 0.15) is 0 Å². The molecule has 0 saturated carbocycles. The van der Waals surface area contributed by atoms with E-state index >= 15 is 0 Å². The SMILES string of the molecule is CN1CCN(c2ccc(S(=O)(=O)N3CCCC(NC(=O)CCc4ccccc4)C3)cc2)CC1. The summed E-state index contributed by atoms with van der Waals surface area (Å²) in [6.07, 6.45) is 2.62. The van der Waals surface area contributed by atoms with Crippen molar-refractivity contribution in [2.75, 3.05) is 51.2 Å². The molecule has 33 heavy (non-hydrogen) atoms. The van der Waals surface area contributed by atoms with Gasteiger partial charge in [0, 0.05) is 57.4 Å². The molecule has 0 radical (unpaired) electrons. The number of piperazine rings is 1. The summed E-state index contributed by atoms with van der Waals surface area (Å²) >= 11 is 0. The zero-order valence-electron chi connectivity index (χ0n) is 19.3. The minimum absolute atomic E-state index is 0.0281. The van der Waals surface area contributed by atoms with Gasteiger partial charge in [-0.05, 0) is 56.1 Å². The van der Waals surface area contributed by atoms with Crippen LogP contribution < -0.4 is 10.2 Å². The first-order valence-corrected chi connectivity index (χ1v) is 13.2. The molecule has 7 nitrogen and oxygen atoms in total. The fourth-order valence-electron chi connectivity index (χ4n) is 4.52. The van der Waals surface area contributed by atoms with E-state index < -0.39 is 10.0 Å². The summed E-state index contributed by atoms with van der Waals surface area (Å²) in [5, 5.41) is 3.04. The number of piperidine rings is 1. The van der Waals surface area contributed by atoms with Crippen molar-refractivity contribution in [1.29, 1.82) is 0 Å². The fourth-order valence-corrected chi connectivity index (χ4v) is 6.05. The molecule has 8 heteroatoms. The minimum atomic E-state index is -3.59. The molecule has 1 atom stereocenters. The average molecular weight is 471 g/mol. The second kappa shape index (κ2) is 10.7. The van der Waals surface area contributed by atoms with Crippen molar-refractivity contribution in [3.63, 3.8) is 0 Å². The van der Waals surface area contributed by atoms with Gasteiger partial charge in [0.05, 0.1) is 4.90 Å². The first kappa shape index (κ1) is 23.7. The van der Waals surface area contributed by atoms with Crippen LogP contribution in [-0.4, -0.2) is 75.9 Å². The molecule has 0 aromatic heterocycles. The van der Waals surface area contributed by atoms with Crippen LogP contribution in [0.5, 0.6) is 0 Å². The van der Waals surface area contributed by atoms with E-state index in [-0.39, 0.29) is 11.9 Å². The number of nitrogens with one attached hydrogen (secondary N) is 1. The highest BCUT2D eigenvalue weighted by atomic mass is 32.2. The van der Waals surface area contributed by atoms with Gasteiger partial charge in [-0.25, -0.2) is 8.42 Å². The van der Waals surface area contributed by atoms with Gasteiger partial charge in [0.15, 0.2) is 0 Å². The maximum absolute atomic E-state index is 13.3. The highest BCUT2D eigenvalue weighted by Crippen LogP contribution is 2.24. The minimum Gasteiger partial charge on any atom is -0.369 e. The van der Waals surface area contributed by atoms with Crippen LogP contribution in [0.3, 0.4) is 0 Å². The van der Waals surface area contributed by atoms with E-state index in [1.807, 2.05) is 42.5 Å². The second-order valence-electron chi connectivity index (χ2n) is 9.04. The van der Waals surface area contributed by atoms with E-state index in [2.05, 4.69) is 22.2 Å². The third kappa shape index (κ3) is 6.13. The highest BCUT2D eigenvalue weighted by molar-refractivity contribution is 7.89. The molecule has 2 saturated heterocycles. The molecule has 2 aromatic rings. The Morgan fingerprint density at radius 1 is 0.970 bits per heavy atom. The van der Waals surface area contributed by atoms with E-state index in [9.17, 15) is 13.2 Å². The molecule has 2 aliphatic rings. The maximum Gasteiger partial charge on any atom is 0.243 e. The summed E-state index contributed by atoms with van der Waals surface area (Å²) in [5.41, 5.74) is 2.18. The number of rotatable bonds is 7. The normalized spacial score (nSPS) is 20.5. The lowest BCUT2D eigenvalue weighted by Gasteiger charge is -2.34. The molecule has 2 aromatic carbocycles. The monoisotopic (exact) mass is 470 g/mol. The molecule has 178 valence electrons. The molecule has 0 spiro atoms.